The van der Waals surface area contributed by atoms with Gasteiger partial charge in [0.1, 0.15) is 12.1 Å². The maximum atomic E-state index is 13.1. The van der Waals surface area contributed by atoms with Gasteiger partial charge >= 0.3 is 5.97 Å². The number of aromatic carboxylic acids is 1. The van der Waals surface area contributed by atoms with Crippen LogP contribution in [0.15, 0.2) is 53.5 Å². The Labute approximate surface area is 220 Å². The molecule has 0 saturated heterocycles. The molecule has 2 aromatic carbocycles. The summed E-state index contributed by atoms with van der Waals surface area (Å²) in [5, 5.41) is 22.7. The molecule has 1 unspecified atom stereocenters. The number of rotatable bonds is 6. The summed E-state index contributed by atoms with van der Waals surface area (Å²) < 4.78 is 1.23. The maximum absolute atomic E-state index is 13.1. The molecule has 1 saturated carbocycles. The van der Waals surface area contributed by atoms with Crippen molar-refractivity contribution in [3.8, 4) is 17.2 Å². The lowest BCUT2D eigenvalue weighted by Gasteiger charge is -2.23. The van der Waals surface area contributed by atoms with Gasteiger partial charge in [-0.05, 0) is 78.1 Å². The molecule has 1 aromatic heterocycles. The first-order valence-corrected chi connectivity index (χ1v) is 12.4. The zero-order valence-electron chi connectivity index (χ0n) is 21.1. The molecule has 1 aliphatic rings. The van der Waals surface area contributed by atoms with Gasteiger partial charge in [-0.25, -0.2) is 4.79 Å². The van der Waals surface area contributed by atoms with Crippen LogP contribution in [0, 0.1) is 11.3 Å². The van der Waals surface area contributed by atoms with Gasteiger partial charge in [0.15, 0.2) is 0 Å². The number of carboxylic acid groups (broad SMARTS) is 1. The summed E-state index contributed by atoms with van der Waals surface area (Å²) in [5.41, 5.74) is 2.87. The van der Waals surface area contributed by atoms with E-state index in [9.17, 15) is 24.8 Å². The second kappa shape index (κ2) is 9.87. The lowest BCUT2D eigenvalue weighted by atomic mass is 9.83. The van der Waals surface area contributed by atoms with Gasteiger partial charge in [-0.3, -0.25) is 9.59 Å². The van der Waals surface area contributed by atoms with E-state index in [-0.39, 0.29) is 11.1 Å². The number of hydrogen-bond donors (Lipinski definition) is 2. The number of amides is 1. The van der Waals surface area contributed by atoms with Crippen molar-refractivity contribution in [2.45, 2.75) is 57.9 Å². The Morgan fingerprint density at radius 1 is 1.14 bits per heavy atom. The molecule has 0 aliphatic heterocycles. The summed E-state index contributed by atoms with van der Waals surface area (Å²) in [4.78, 5) is 37.9. The average molecular weight is 518 g/mol. The van der Waals surface area contributed by atoms with Gasteiger partial charge in [0, 0.05) is 28.5 Å². The molecule has 1 aliphatic carbocycles. The molecule has 190 valence electrons. The summed E-state index contributed by atoms with van der Waals surface area (Å²) >= 11 is 6.24. The Morgan fingerprint density at radius 3 is 2.43 bits per heavy atom. The molecular formula is C29H28ClN3O4. The van der Waals surface area contributed by atoms with Gasteiger partial charge < -0.3 is 15.0 Å². The first kappa shape index (κ1) is 26.2. The third-order valence-electron chi connectivity index (χ3n) is 6.65. The molecule has 3 aromatic rings. The first-order valence-electron chi connectivity index (χ1n) is 12.1. The molecule has 1 amide bonds. The minimum atomic E-state index is -1.05. The second-order valence-electron chi connectivity index (χ2n) is 10.4. The molecule has 7 nitrogen and oxygen atoms in total. The smallest absolute Gasteiger partial charge is 0.335 e. The highest BCUT2D eigenvalue weighted by molar-refractivity contribution is 6.30. The third kappa shape index (κ3) is 5.45. The SMILES string of the molecule is CC(C(=O)Nc1ccc(C(=O)O)c(C(C)(C)C)c1)n1cc(C#N)c(-c2cc(Cl)ccc2C2CC2)cc1=O. The number of pyridine rings is 1. The molecule has 0 bridgehead atoms. The number of carboxylic acids is 1. The van der Waals surface area contributed by atoms with Crippen molar-refractivity contribution in [3.63, 3.8) is 0 Å². The van der Waals surface area contributed by atoms with E-state index < -0.39 is 28.9 Å². The highest BCUT2D eigenvalue weighted by Gasteiger charge is 2.28. The average Bonchev–Trinajstić information content (AvgIpc) is 3.68. The van der Waals surface area contributed by atoms with E-state index in [0.29, 0.717) is 27.8 Å². The van der Waals surface area contributed by atoms with Crippen LogP contribution in [0.2, 0.25) is 5.02 Å². The summed E-state index contributed by atoms with van der Waals surface area (Å²) in [6, 6.07) is 12.8. The lowest BCUT2D eigenvalue weighted by Crippen LogP contribution is -2.31. The predicted octanol–water partition coefficient (Wildman–Crippen LogP) is 6.11. The quantitative estimate of drug-likeness (QED) is 0.409. The minimum absolute atomic E-state index is 0.163. The number of anilines is 1. The van der Waals surface area contributed by atoms with Crippen LogP contribution in [0.4, 0.5) is 5.69 Å². The van der Waals surface area contributed by atoms with Crippen molar-refractivity contribution in [3.05, 3.63) is 86.3 Å². The zero-order valence-corrected chi connectivity index (χ0v) is 21.9. The molecule has 4 rings (SSSR count). The fourth-order valence-electron chi connectivity index (χ4n) is 4.48. The van der Waals surface area contributed by atoms with Gasteiger partial charge in [-0.2, -0.15) is 5.26 Å². The van der Waals surface area contributed by atoms with Crippen LogP contribution in [0.25, 0.3) is 11.1 Å². The molecule has 2 N–H and O–H groups in total. The number of carbonyl (C=O) groups excluding carboxylic acids is 1. The molecule has 0 spiro atoms. The largest absolute Gasteiger partial charge is 0.478 e. The van der Waals surface area contributed by atoms with E-state index >= 15 is 0 Å². The Hall–Kier alpha value is -3.89. The van der Waals surface area contributed by atoms with E-state index in [1.165, 1.54) is 29.0 Å². The van der Waals surface area contributed by atoms with Gasteiger partial charge in [0.05, 0.1) is 11.1 Å². The standard InChI is InChI=1S/C29H28ClN3O4/c1-16(27(35)32-20-8-10-22(28(36)37)25(12-20)29(2,3)4)33-15-18(14-31)23(13-26(33)34)24-11-19(30)7-9-21(24)17-5-6-17/h7-13,15-17H,5-6H2,1-4H3,(H,32,35)(H,36,37). The number of nitriles is 1. The number of carbonyl (C=O) groups is 2. The van der Waals surface area contributed by atoms with Crippen LogP contribution in [0.1, 0.15) is 79.5 Å². The number of benzene rings is 2. The van der Waals surface area contributed by atoms with E-state index in [1.54, 1.807) is 19.1 Å². The second-order valence-corrected chi connectivity index (χ2v) is 10.9. The number of hydrogen-bond acceptors (Lipinski definition) is 4. The number of nitrogens with one attached hydrogen (secondary N) is 1. The van der Waals surface area contributed by atoms with Crippen molar-refractivity contribution in [1.82, 2.24) is 4.57 Å². The maximum Gasteiger partial charge on any atom is 0.335 e. The number of nitrogens with zero attached hydrogens (tertiary/aromatic N) is 2. The molecule has 0 radical (unpaired) electrons. The van der Waals surface area contributed by atoms with Crippen molar-refractivity contribution in [2.24, 2.45) is 0 Å². The normalized spacial score (nSPS) is 14.1. The molecule has 8 heteroatoms. The predicted molar refractivity (Wildman–Crippen MR) is 143 cm³/mol. The minimum Gasteiger partial charge on any atom is -0.478 e. The monoisotopic (exact) mass is 517 g/mol. The van der Waals surface area contributed by atoms with Crippen LogP contribution in [0.5, 0.6) is 0 Å². The van der Waals surface area contributed by atoms with Crippen LogP contribution in [0.3, 0.4) is 0 Å². The van der Waals surface area contributed by atoms with Crippen molar-refractivity contribution in [1.29, 1.82) is 5.26 Å². The van der Waals surface area contributed by atoms with Crippen molar-refractivity contribution >= 4 is 29.2 Å². The van der Waals surface area contributed by atoms with E-state index in [4.69, 9.17) is 11.6 Å². The van der Waals surface area contributed by atoms with Gasteiger partial charge in [-0.15, -0.1) is 0 Å². The summed E-state index contributed by atoms with van der Waals surface area (Å²) in [6.45, 7) is 7.25. The Kier molecular flexibility index (Phi) is 6.98. The highest BCUT2D eigenvalue weighted by Crippen LogP contribution is 2.45. The lowest BCUT2D eigenvalue weighted by molar-refractivity contribution is -0.118. The van der Waals surface area contributed by atoms with Gasteiger partial charge in [0.25, 0.3) is 5.56 Å². The fraction of sp³-hybridized carbons (Fsp3) is 0.310. The number of aromatic nitrogens is 1. The van der Waals surface area contributed by atoms with Crippen molar-refractivity contribution < 1.29 is 14.7 Å². The van der Waals surface area contributed by atoms with Crippen LogP contribution in [-0.4, -0.2) is 21.6 Å². The summed E-state index contributed by atoms with van der Waals surface area (Å²) in [6.07, 6.45) is 3.51. The zero-order chi connectivity index (χ0) is 27.1. The summed E-state index contributed by atoms with van der Waals surface area (Å²) in [7, 11) is 0. The topological polar surface area (TPSA) is 112 Å². The van der Waals surface area contributed by atoms with Crippen LogP contribution < -0.4 is 10.9 Å². The van der Waals surface area contributed by atoms with E-state index in [2.05, 4.69) is 11.4 Å². The fourth-order valence-corrected chi connectivity index (χ4v) is 4.65. The molecular weight excluding hydrogens is 490 g/mol. The number of halogens is 1. The van der Waals surface area contributed by atoms with Crippen LogP contribution >= 0.6 is 11.6 Å². The van der Waals surface area contributed by atoms with Crippen molar-refractivity contribution in [2.75, 3.05) is 5.32 Å². The van der Waals surface area contributed by atoms with Gasteiger partial charge in [0.2, 0.25) is 5.91 Å². The van der Waals surface area contributed by atoms with E-state index in [0.717, 1.165) is 24.0 Å². The molecule has 1 fully saturated rings. The Bertz CT molecular complexity index is 1510. The third-order valence-corrected chi connectivity index (χ3v) is 6.88. The van der Waals surface area contributed by atoms with E-state index in [1.807, 2.05) is 32.9 Å². The van der Waals surface area contributed by atoms with Crippen LogP contribution in [-0.2, 0) is 10.2 Å². The Morgan fingerprint density at radius 2 is 1.84 bits per heavy atom. The summed E-state index contributed by atoms with van der Waals surface area (Å²) in [5.74, 6) is -1.13. The molecule has 1 atom stereocenters. The molecule has 37 heavy (non-hydrogen) atoms. The first-order chi connectivity index (χ1) is 17.4. The highest BCUT2D eigenvalue weighted by atomic mass is 35.5. The Balaban J connectivity index is 1.67. The molecule has 1 heterocycles. The van der Waals surface area contributed by atoms with Gasteiger partial charge in [-0.1, -0.05) is 38.4 Å².